The first kappa shape index (κ1) is 22.3. The lowest BCUT2D eigenvalue weighted by Crippen LogP contribution is -2.46. The summed E-state index contributed by atoms with van der Waals surface area (Å²) in [5.74, 6) is 2.13. The molecule has 0 unspecified atom stereocenters. The minimum Gasteiger partial charge on any atom is -0.497 e. The van der Waals surface area contributed by atoms with Crippen molar-refractivity contribution in [2.45, 2.75) is 44.0 Å². The maximum Gasteiger partial charge on any atom is 0.126 e. The molecule has 2 N–H and O–H groups in total. The molecule has 2 aromatic carbocycles. The van der Waals surface area contributed by atoms with Crippen molar-refractivity contribution in [3.8, 4) is 23.0 Å². The van der Waals surface area contributed by atoms with E-state index in [0.29, 0.717) is 49.1 Å². The second-order valence-electron chi connectivity index (χ2n) is 9.04. The molecule has 0 saturated carbocycles. The summed E-state index contributed by atoms with van der Waals surface area (Å²) in [6, 6.07) is 9.29. The summed E-state index contributed by atoms with van der Waals surface area (Å²) < 4.78 is 29.0. The highest BCUT2D eigenvalue weighted by atomic mass is 16.5. The molecule has 0 saturated heterocycles. The van der Waals surface area contributed by atoms with E-state index in [2.05, 4.69) is 0 Å². The molecule has 7 nitrogen and oxygen atoms in total. The third kappa shape index (κ3) is 4.03. The molecule has 33 heavy (non-hydrogen) atoms. The molecular weight excluding hydrogens is 424 g/mol. The van der Waals surface area contributed by atoms with Crippen molar-refractivity contribution in [3.05, 3.63) is 47.0 Å². The normalized spacial score (nSPS) is 27.8. The molecule has 0 spiro atoms. The van der Waals surface area contributed by atoms with E-state index in [9.17, 15) is 10.2 Å². The first-order chi connectivity index (χ1) is 16.1. The third-order valence-corrected chi connectivity index (χ3v) is 7.17. The van der Waals surface area contributed by atoms with Crippen LogP contribution in [0.3, 0.4) is 0 Å². The van der Waals surface area contributed by atoms with Gasteiger partial charge in [-0.15, -0.1) is 0 Å². The van der Waals surface area contributed by atoms with Crippen molar-refractivity contribution in [1.82, 2.24) is 0 Å². The number of hydrogen-bond donors (Lipinski definition) is 2. The van der Waals surface area contributed by atoms with E-state index in [1.807, 2.05) is 30.3 Å². The van der Waals surface area contributed by atoms with Crippen LogP contribution in [0.15, 0.2) is 30.3 Å². The van der Waals surface area contributed by atoms with E-state index in [1.54, 1.807) is 14.2 Å². The van der Waals surface area contributed by atoms with Crippen LogP contribution in [0.1, 0.15) is 48.2 Å². The van der Waals surface area contributed by atoms with Crippen LogP contribution in [0, 0.1) is 11.8 Å². The van der Waals surface area contributed by atoms with Crippen molar-refractivity contribution in [1.29, 1.82) is 0 Å². The van der Waals surface area contributed by atoms with E-state index >= 15 is 0 Å². The summed E-state index contributed by atoms with van der Waals surface area (Å²) in [6.07, 6.45) is 1.35. The van der Waals surface area contributed by atoms with Gasteiger partial charge in [0, 0.05) is 42.2 Å². The van der Waals surface area contributed by atoms with Gasteiger partial charge in [0.1, 0.15) is 29.1 Å². The summed E-state index contributed by atoms with van der Waals surface area (Å²) in [5.41, 5.74) is 2.49. The van der Waals surface area contributed by atoms with E-state index in [-0.39, 0.29) is 17.9 Å². The number of methoxy groups -OCH3 is 2. The molecule has 5 atom stereocenters. The molecule has 2 aromatic rings. The molecule has 3 heterocycles. The SMILES string of the molecule is COCCC[C@H]1Oc2ccc3c(c2[C@H](O)[C@@H]1[C@@H]1COc2ccc(OC)cc2[C@H]1O)CCCO3. The van der Waals surface area contributed by atoms with Gasteiger partial charge in [-0.2, -0.15) is 0 Å². The minimum atomic E-state index is -0.811. The Morgan fingerprint density at radius 1 is 1.00 bits per heavy atom. The van der Waals surface area contributed by atoms with Gasteiger partial charge in [0.2, 0.25) is 0 Å². The van der Waals surface area contributed by atoms with Crippen LogP contribution in [-0.4, -0.2) is 50.4 Å². The molecular formula is C26H32O7. The molecule has 178 valence electrons. The lowest BCUT2D eigenvalue weighted by Gasteiger charge is -2.45. The zero-order valence-electron chi connectivity index (χ0n) is 19.2. The summed E-state index contributed by atoms with van der Waals surface area (Å²) in [7, 11) is 3.28. The Morgan fingerprint density at radius 2 is 1.82 bits per heavy atom. The molecule has 0 aromatic heterocycles. The van der Waals surface area contributed by atoms with Crippen LogP contribution < -0.4 is 18.9 Å². The fraction of sp³-hybridized carbons (Fsp3) is 0.538. The summed E-state index contributed by atoms with van der Waals surface area (Å²) in [5, 5.41) is 23.2. The lowest BCUT2D eigenvalue weighted by atomic mass is 9.72. The second-order valence-corrected chi connectivity index (χ2v) is 9.04. The highest BCUT2D eigenvalue weighted by Crippen LogP contribution is 2.52. The van der Waals surface area contributed by atoms with E-state index in [1.165, 1.54) is 0 Å². The van der Waals surface area contributed by atoms with Crippen LogP contribution in [-0.2, 0) is 11.2 Å². The Balaban J connectivity index is 1.52. The largest absolute Gasteiger partial charge is 0.497 e. The van der Waals surface area contributed by atoms with Crippen LogP contribution in [0.2, 0.25) is 0 Å². The van der Waals surface area contributed by atoms with Crippen molar-refractivity contribution in [3.63, 3.8) is 0 Å². The number of aliphatic hydroxyl groups is 2. The first-order valence-corrected chi connectivity index (χ1v) is 11.7. The van der Waals surface area contributed by atoms with Crippen molar-refractivity contribution < 1.29 is 33.9 Å². The highest BCUT2D eigenvalue weighted by molar-refractivity contribution is 5.52. The number of hydrogen-bond acceptors (Lipinski definition) is 7. The van der Waals surface area contributed by atoms with E-state index < -0.39 is 12.2 Å². The maximum atomic E-state index is 11.8. The molecule has 0 amide bonds. The van der Waals surface area contributed by atoms with Gasteiger partial charge in [-0.3, -0.25) is 0 Å². The fourth-order valence-corrected chi connectivity index (χ4v) is 5.55. The average Bonchev–Trinajstić information content (AvgIpc) is 2.85. The van der Waals surface area contributed by atoms with Crippen molar-refractivity contribution in [2.75, 3.05) is 34.0 Å². The second kappa shape index (κ2) is 9.41. The Bertz CT molecular complexity index is 991. The smallest absolute Gasteiger partial charge is 0.126 e. The minimum absolute atomic E-state index is 0.277. The topological polar surface area (TPSA) is 86.6 Å². The monoisotopic (exact) mass is 456 g/mol. The zero-order chi connectivity index (χ0) is 22.9. The van der Waals surface area contributed by atoms with E-state index in [4.69, 9.17) is 23.7 Å². The van der Waals surface area contributed by atoms with Crippen molar-refractivity contribution in [2.24, 2.45) is 11.8 Å². The number of rotatable bonds is 6. The summed E-state index contributed by atoms with van der Waals surface area (Å²) in [6.45, 7) is 1.59. The van der Waals surface area contributed by atoms with Gasteiger partial charge in [0.05, 0.1) is 32.5 Å². The zero-order valence-corrected chi connectivity index (χ0v) is 19.2. The predicted molar refractivity (Wildman–Crippen MR) is 121 cm³/mol. The van der Waals surface area contributed by atoms with Gasteiger partial charge in [0.15, 0.2) is 0 Å². The Morgan fingerprint density at radius 3 is 2.64 bits per heavy atom. The predicted octanol–water partition coefficient (Wildman–Crippen LogP) is 3.60. The van der Waals surface area contributed by atoms with Gasteiger partial charge in [-0.25, -0.2) is 0 Å². The van der Waals surface area contributed by atoms with Crippen LogP contribution in [0.25, 0.3) is 0 Å². The number of ether oxygens (including phenoxy) is 5. The molecule has 0 radical (unpaired) electrons. The van der Waals surface area contributed by atoms with Crippen LogP contribution >= 0.6 is 0 Å². The molecule has 0 bridgehead atoms. The van der Waals surface area contributed by atoms with Gasteiger partial charge >= 0.3 is 0 Å². The average molecular weight is 457 g/mol. The standard InChI is InChI=1S/C26H32O7/c1-29-11-4-6-21-24(18-14-32-20-8-7-15(30-2)13-17(20)25(18)27)26(28)23-16-5-3-12-31-19(16)9-10-22(23)33-21/h7-10,13,18,21,24-28H,3-6,11-12,14H2,1-2H3/t18-,21+,24+,25+,26-/m0/s1. The fourth-order valence-electron chi connectivity index (χ4n) is 5.55. The number of aliphatic hydroxyl groups excluding tert-OH is 2. The van der Waals surface area contributed by atoms with Gasteiger partial charge in [-0.05, 0) is 56.0 Å². The first-order valence-electron chi connectivity index (χ1n) is 11.7. The lowest BCUT2D eigenvalue weighted by molar-refractivity contribution is -0.0892. The molecule has 7 heteroatoms. The Labute approximate surface area is 194 Å². The molecule has 0 aliphatic carbocycles. The number of fused-ring (bicyclic) bond motifs is 4. The number of benzene rings is 2. The maximum absolute atomic E-state index is 11.8. The highest BCUT2D eigenvalue weighted by Gasteiger charge is 2.48. The van der Waals surface area contributed by atoms with Crippen LogP contribution in [0.4, 0.5) is 0 Å². The third-order valence-electron chi connectivity index (χ3n) is 7.17. The summed E-state index contributed by atoms with van der Waals surface area (Å²) >= 11 is 0. The molecule has 5 rings (SSSR count). The van der Waals surface area contributed by atoms with Gasteiger partial charge < -0.3 is 33.9 Å². The molecule has 3 aliphatic heterocycles. The van der Waals surface area contributed by atoms with Crippen LogP contribution in [0.5, 0.6) is 23.0 Å². The Kier molecular flexibility index (Phi) is 6.36. The van der Waals surface area contributed by atoms with Gasteiger partial charge in [0.25, 0.3) is 0 Å². The van der Waals surface area contributed by atoms with E-state index in [0.717, 1.165) is 36.1 Å². The quantitative estimate of drug-likeness (QED) is 0.643. The molecule has 3 aliphatic rings. The summed E-state index contributed by atoms with van der Waals surface area (Å²) in [4.78, 5) is 0. The Hall–Kier alpha value is -2.48. The molecule has 0 fully saturated rings. The van der Waals surface area contributed by atoms with Crippen molar-refractivity contribution >= 4 is 0 Å². The van der Waals surface area contributed by atoms with Gasteiger partial charge in [-0.1, -0.05) is 0 Å².